The normalized spacial score (nSPS) is 25.4. The number of allylic oxidation sites excluding steroid dienone is 3. The average molecular weight is 505 g/mol. The molecule has 0 bridgehead atoms. The summed E-state index contributed by atoms with van der Waals surface area (Å²) < 4.78 is 11.7. The second-order valence-corrected chi connectivity index (χ2v) is 10.9. The molecule has 1 aliphatic heterocycles. The van der Waals surface area contributed by atoms with E-state index in [1.54, 1.807) is 7.11 Å². The second-order valence-electron chi connectivity index (χ2n) is 10.9. The molecule has 3 unspecified atom stereocenters. The Balaban J connectivity index is 1.71. The number of nitrogens with zero attached hydrogens (tertiary/aromatic N) is 2. The summed E-state index contributed by atoms with van der Waals surface area (Å²) in [7, 11) is 1.71. The number of rotatable bonds is 14. The molecule has 8 nitrogen and oxygen atoms in total. The molecule has 0 aromatic heterocycles. The topological polar surface area (TPSA) is 103 Å². The van der Waals surface area contributed by atoms with Gasteiger partial charge in [-0.25, -0.2) is 0 Å². The zero-order valence-electron chi connectivity index (χ0n) is 22.4. The first-order valence-corrected chi connectivity index (χ1v) is 14.0. The Morgan fingerprint density at radius 2 is 2.08 bits per heavy atom. The summed E-state index contributed by atoms with van der Waals surface area (Å²) in [6, 6.07) is 0.0489. The highest BCUT2D eigenvalue weighted by atomic mass is 16.6. The molecule has 1 saturated carbocycles. The Hall–Kier alpha value is -1.90. The molecule has 3 aliphatic rings. The first kappa shape index (κ1) is 28.7. The lowest BCUT2D eigenvalue weighted by atomic mass is 9.83. The molecule has 3 rings (SSSR count). The summed E-state index contributed by atoms with van der Waals surface area (Å²) in [6.45, 7) is 5.58. The second kappa shape index (κ2) is 15.4. The zero-order chi connectivity index (χ0) is 25.8. The van der Waals surface area contributed by atoms with E-state index in [9.17, 15) is 10.1 Å². The number of ether oxygens (including phenoxy) is 2. The molecule has 4 atom stereocenters. The standard InChI is InChI=1S/C28H48N4O4/c1-22-9-6-12-24(17-22)28(36-16-8-15-35-2)25-13-7-14-31(20-25)27(21-32(33)34)30-26(19-29)18-23-10-4-3-5-11-23/h6,9,12,21-23,25-26,28,30H,3-5,7-8,10-11,13-20,29H2,1-2H3/b27-21+/t22?,25?,26-,28?/m0/s1. The molecule has 36 heavy (non-hydrogen) atoms. The molecule has 2 aliphatic carbocycles. The molecule has 1 saturated heterocycles. The van der Waals surface area contributed by atoms with Gasteiger partial charge in [-0.2, -0.15) is 0 Å². The van der Waals surface area contributed by atoms with Crippen LogP contribution >= 0.6 is 0 Å². The van der Waals surface area contributed by atoms with Gasteiger partial charge in [-0.1, -0.05) is 57.3 Å². The molecule has 0 spiro atoms. The number of nitrogens with two attached hydrogens (primary N) is 1. The van der Waals surface area contributed by atoms with Crippen molar-refractivity contribution in [2.24, 2.45) is 23.5 Å². The SMILES string of the molecule is COCCCOC(C1=CC=CC(C)C1)C1CCCN(/C(=C/[N+](=O)[O-])N[C@H](CN)CC2CCCCC2)C1. The molecule has 2 fully saturated rings. The number of hydrogen-bond donors (Lipinski definition) is 2. The predicted molar refractivity (Wildman–Crippen MR) is 144 cm³/mol. The Morgan fingerprint density at radius 3 is 2.78 bits per heavy atom. The quantitative estimate of drug-likeness (QED) is 0.202. The van der Waals surface area contributed by atoms with Gasteiger partial charge in [0, 0.05) is 51.9 Å². The van der Waals surface area contributed by atoms with Gasteiger partial charge in [0.1, 0.15) is 0 Å². The molecule has 204 valence electrons. The average Bonchev–Trinajstić information content (AvgIpc) is 2.88. The lowest BCUT2D eigenvalue weighted by Gasteiger charge is -2.40. The minimum Gasteiger partial charge on any atom is -0.385 e. The van der Waals surface area contributed by atoms with E-state index >= 15 is 0 Å². The van der Waals surface area contributed by atoms with Crippen LogP contribution in [0.25, 0.3) is 0 Å². The maximum atomic E-state index is 11.6. The monoisotopic (exact) mass is 504 g/mol. The number of likely N-dealkylation sites (tertiary alicyclic amines) is 1. The van der Waals surface area contributed by atoms with Crippen molar-refractivity contribution in [2.45, 2.75) is 83.3 Å². The van der Waals surface area contributed by atoms with E-state index in [0.717, 1.165) is 51.4 Å². The van der Waals surface area contributed by atoms with Gasteiger partial charge < -0.3 is 25.4 Å². The lowest BCUT2D eigenvalue weighted by Crippen LogP contribution is -2.48. The summed E-state index contributed by atoms with van der Waals surface area (Å²) in [5.41, 5.74) is 7.47. The van der Waals surface area contributed by atoms with Crippen molar-refractivity contribution in [1.29, 1.82) is 0 Å². The summed E-state index contributed by atoms with van der Waals surface area (Å²) in [5, 5.41) is 15.1. The summed E-state index contributed by atoms with van der Waals surface area (Å²) in [4.78, 5) is 13.4. The fourth-order valence-corrected chi connectivity index (χ4v) is 6.08. The van der Waals surface area contributed by atoms with Gasteiger partial charge in [0.15, 0.2) is 5.82 Å². The highest BCUT2D eigenvalue weighted by Crippen LogP contribution is 2.33. The van der Waals surface area contributed by atoms with Gasteiger partial charge in [-0.05, 0) is 49.5 Å². The largest absolute Gasteiger partial charge is 0.385 e. The van der Waals surface area contributed by atoms with Crippen LogP contribution < -0.4 is 11.1 Å². The fraction of sp³-hybridized carbons (Fsp3) is 0.786. The van der Waals surface area contributed by atoms with Crippen LogP contribution in [0.15, 0.2) is 35.8 Å². The molecule has 0 amide bonds. The van der Waals surface area contributed by atoms with Crippen LogP contribution in [0, 0.1) is 27.9 Å². The third-order valence-electron chi connectivity index (χ3n) is 7.90. The van der Waals surface area contributed by atoms with Crippen molar-refractivity contribution >= 4 is 0 Å². The van der Waals surface area contributed by atoms with Gasteiger partial charge in [-0.3, -0.25) is 10.1 Å². The van der Waals surface area contributed by atoms with E-state index in [0.29, 0.717) is 37.4 Å². The first-order valence-electron chi connectivity index (χ1n) is 14.0. The molecular formula is C28H48N4O4. The predicted octanol–water partition coefficient (Wildman–Crippen LogP) is 4.61. The van der Waals surface area contributed by atoms with Gasteiger partial charge in [0.2, 0.25) is 0 Å². The number of hydrogen-bond acceptors (Lipinski definition) is 7. The lowest BCUT2D eigenvalue weighted by molar-refractivity contribution is -0.404. The van der Waals surface area contributed by atoms with Crippen LogP contribution in [-0.4, -0.2) is 61.9 Å². The smallest absolute Gasteiger partial charge is 0.274 e. The van der Waals surface area contributed by atoms with E-state index in [1.165, 1.54) is 37.7 Å². The molecule has 0 aromatic carbocycles. The van der Waals surface area contributed by atoms with Gasteiger partial charge in [0.05, 0.1) is 11.0 Å². The van der Waals surface area contributed by atoms with Crippen molar-refractivity contribution in [3.05, 3.63) is 45.9 Å². The molecule has 8 heteroatoms. The maximum Gasteiger partial charge on any atom is 0.274 e. The van der Waals surface area contributed by atoms with Crippen molar-refractivity contribution in [2.75, 3.05) is 40.0 Å². The zero-order valence-corrected chi connectivity index (χ0v) is 22.4. The van der Waals surface area contributed by atoms with Crippen LogP contribution in [0.4, 0.5) is 0 Å². The summed E-state index contributed by atoms with van der Waals surface area (Å²) in [6.07, 6.45) is 19.0. The molecule has 0 radical (unpaired) electrons. The van der Waals surface area contributed by atoms with E-state index in [4.69, 9.17) is 15.2 Å². The van der Waals surface area contributed by atoms with Gasteiger partial charge in [-0.15, -0.1) is 0 Å². The van der Waals surface area contributed by atoms with Gasteiger partial charge >= 0.3 is 0 Å². The van der Waals surface area contributed by atoms with Crippen LogP contribution in [0.3, 0.4) is 0 Å². The van der Waals surface area contributed by atoms with Crippen LogP contribution in [0.1, 0.15) is 71.1 Å². The van der Waals surface area contributed by atoms with Crippen molar-refractivity contribution in [3.63, 3.8) is 0 Å². The van der Waals surface area contributed by atoms with Crippen LogP contribution in [0.2, 0.25) is 0 Å². The minimum absolute atomic E-state index is 0.0152. The first-order chi connectivity index (χ1) is 17.5. The Kier molecular flexibility index (Phi) is 12.2. The third kappa shape index (κ3) is 9.20. The number of piperidine rings is 1. The van der Waals surface area contributed by atoms with Crippen molar-refractivity contribution in [3.8, 4) is 0 Å². The molecule has 1 heterocycles. The van der Waals surface area contributed by atoms with Crippen molar-refractivity contribution in [1.82, 2.24) is 10.2 Å². The highest BCUT2D eigenvalue weighted by Gasteiger charge is 2.33. The highest BCUT2D eigenvalue weighted by molar-refractivity contribution is 5.24. The summed E-state index contributed by atoms with van der Waals surface area (Å²) in [5.74, 6) is 2.02. The number of nitrogens with one attached hydrogen (secondary N) is 1. The Bertz CT molecular complexity index is 763. The summed E-state index contributed by atoms with van der Waals surface area (Å²) >= 11 is 0. The van der Waals surface area contributed by atoms with E-state index in [-0.39, 0.29) is 23.0 Å². The fourth-order valence-electron chi connectivity index (χ4n) is 6.08. The van der Waals surface area contributed by atoms with Crippen LogP contribution in [0.5, 0.6) is 0 Å². The van der Waals surface area contributed by atoms with Gasteiger partial charge in [0.25, 0.3) is 6.20 Å². The number of methoxy groups -OCH3 is 1. The minimum atomic E-state index is -0.338. The van der Waals surface area contributed by atoms with E-state index in [2.05, 4.69) is 35.4 Å². The number of nitro groups is 1. The third-order valence-corrected chi connectivity index (χ3v) is 7.90. The molecular weight excluding hydrogens is 456 g/mol. The van der Waals surface area contributed by atoms with E-state index < -0.39 is 0 Å². The van der Waals surface area contributed by atoms with E-state index in [1.807, 2.05) is 0 Å². The van der Waals surface area contributed by atoms with Crippen molar-refractivity contribution < 1.29 is 14.4 Å². The maximum absolute atomic E-state index is 11.6. The van der Waals surface area contributed by atoms with Crippen LogP contribution in [-0.2, 0) is 9.47 Å². The Morgan fingerprint density at radius 1 is 1.28 bits per heavy atom. The Labute approximate surface area is 217 Å². The molecule has 3 N–H and O–H groups in total. The molecule has 0 aromatic rings.